The number of ether oxygens (including phenoxy) is 3. The fourth-order valence-electron chi connectivity index (χ4n) is 4.69. The van der Waals surface area contributed by atoms with Gasteiger partial charge in [0.05, 0.1) is 17.8 Å². The van der Waals surface area contributed by atoms with Crippen LogP contribution in [0, 0.1) is 0 Å². The second-order valence-corrected chi connectivity index (χ2v) is 9.94. The molecule has 0 bridgehead atoms. The van der Waals surface area contributed by atoms with Crippen LogP contribution in [-0.4, -0.2) is 76.6 Å². The Bertz CT molecular complexity index is 1270. The summed E-state index contributed by atoms with van der Waals surface area (Å²) in [4.78, 5) is 19.6. The highest BCUT2D eigenvalue weighted by atomic mass is 19.4. The van der Waals surface area contributed by atoms with Crippen molar-refractivity contribution in [2.24, 2.45) is 0 Å². The van der Waals surface area contributed by atoms with E-state index in [2.05, 4.69) is 25.3 Å². The lowest BCUT2D eigenvalue weighted by Crippen LogP contribution is -2.30. The molecule has 41 heavy (non-hydrogen) atoms. The van der Waals surface area contributed by atoms with Crippen LogP contribution in [0.5, 0.6) is 0 Å². The third-order valence-electron chi connectivity index (χ3n) is 7.11. The van der Waals surface area contributed by atoms with Crippen molar-refractivity contribution in [1.82, 2.24) is 24.5 Å². The Morgan fingerprint density at radius 3 is 2.66 bits per heavy atom. The second kappa shape index (κ2) is 13.7. The molecule has 0 saturated carbocycles. The molecule has 0 aliphatic carbocycles. The first-order chi connectivity index (χ1) is 19.6. The van der Waals surface area contributed by atoms with Gasteiger partial charge in [0.2, 0.25) is 5.95 Å². The van der Waals surface area contributed by atoms with Crippen LogP contribution in [0.15, 0.2) is 24.5 Å². The molecule has 0 radical (unpaired) electrons. The molecule has 1 aliphatic heterocycles. The molecular formula is C27H37F4N7O3. The molecule has 3 aromatic rings. The number of imidazole rings is 1. The van der Waals surface area contributed by atoms with E-state index in [1.54, 1.807) is 19.2 Å². The molecule has 1 aliphatic rings. The summed E-state index contributed by atoms with van der Waals surface area (Å²) >= 11 is 0. The van der Waals surface area contributed by atoms with E-state index in [0.717, 1.165) is 24.3 Å². The normalized spacial score (nSPS) is 18.3. The molecule has 10 nitrogen and oxygen atoms in total. The van der Waals surface area contributed by atoms with E-state index in [0.29, 0.717) is 49.8 Å². The Morgan fingerprint density at radius 1 is 1.20 bits per heavy atom. The third-order valence-corrected chi connectivity index (χ3v) is 7.11. The average Bonchev–Trinajstić information content (AvgIpc) is 3.34. The quantitative estimate of drug-likeness (QED) is 0.247. The van der Waals surface area contributed by atoms with E-state index in [9.17, 15) is 17.6 Å². The molecule has 1 saturated heterocycles. The highest BCUT2D eigenvalue weighted by Crippen LogP contribution is 2.37. The molecule has 226 valence electrons. The Kier molecular flexibility index (Phi) is 10.3. The summed E-state index contributed by atoms with van der Waals surface area (Å²) < 4.78 is 72.9. The summed E-state index contributed by atoms with van der Waals surface area (Å²) in [5.41, 5.74) is 0.561. The molecular weight excluding hydrogens is 546 g/mol. The van der Waals surface area contributed by atoms with Gasteiger partial charge >= 0.3 is 6.18 Å². The third kappa shape index (κ3) is 7.60. The minimum atomic E-state index is -4.52. The largest absolute Gasteiger partial charge is 0.408 e. The SMILES string of the molecule is CCN(CC[C@@H](CF)OC)c1nccc(Nc2cc3c(cn2)nc([C@@H](C)OC2CCCCO2)n3[C@H](C)C(F)(F)F)n1. The Labute approximate surface area is 236 Å². The number of methoxy groups -OCH3 is 1. The van der Waals surface area contributed by atoms with Gasteiger partial charge in [0.25, 0.3) is 0 Å². The number of nitrogens with one attached hydrogen (secondary N) is 1. The smallest absolute Gasteiger partial charge is 0.379 e. The first-order valence-electron chi connectivity index (χ1n) is 13.8. The van der Waals surface area contributed by atoms with Gasteiger partial charge in [-0.1, -0.05) is 0 Å². The molecule has 0 amide bonds. The van der Waals surface area contributed by atoms with Crippen molar-refractivity contribution < 1.29 is 31.8 Å². The lowest BCUT2D eigenvalue weighted by molar-refractivity contribution is -0.190. The highest BCUT2D eigenvalue weighted by molar-refractivity contribution is 5.79. The number of fused-ring (bicyclic) bond motifs is 1. The van der Waals surface area contributed by atoms with Crippen molar-refractivity contribution in [2.75, 3.05) is 43.7 Å². The second-order valence-electron chi connectivity index (χ2n) is 9.94. The molecule has 0 spiro atoms. The van der Waals surface area contributed by atoms with Gasteiger partial charge in [0.1, 0.15) is 41.8 Å². The molecule has 4 atom stereocenters. The van der Waals surface area contributed by atoms with Crippen LogP contribution < -0.4 is 10.2 Å². The van der Waals surface area contributed by atoms with Gasteiger partial charge in [-0.05, 0) is 52.5 Å². The number of alkyl halides is 4. The van der Waals surface area contributed by atoms with Crippen molar-refractivity contribution in [3.63, 3.8) is 0 Å². The van der Waals surface area contributed by atoms with Crippen molar-refractivity contribution in [2.45, 2.75) is 77.2 Å². The Morgan fingerprint density at radius 2 is 2.00 bits per heavy atom. The molecule has 0 aromatic carbocycles. The average molecular weight is 584 g/mol. The van der Waals surface area contributed by atoms with Gasteiger partial charge in [-0.25, -0.2) is 19.3 Å². The van der Waals surface area contributed by atoms with E-state index in [4.69, 9.17) is 14.2 Å². The number of aromatic nitrogens is 5. The molecule has 1 N–H and O–H groups in total. The van der Waals surface area contributed by atoms with E-state index in [1.807, 2.05) is 11.8 Å². The van der Waals surface area contributed by atoms with Crippen LogP contribution in [0.25, 0.3) is 11.0 Å². The number of pyridine rings is 1. The summed E-state index contributed by atoms with van der Waals surface area (Å²) in [7, 11) is 1.47. The standard InChI is InChI=1S/C27H37F4N7O3/c1-5-37(12-10-19(15-28)39-4)26-32-11-9-22(36-26)35-23-14-21-20(16-33-23)34-25(38(21)18(3)27(29,30)31)17(2)41-24-8-6-7-13-40-24/h9,11,14,16-19,24H,5-8,10,12-13,15H2,1-4H3,(H,32,33,35,36)/t17-,18-,19+,24?/m1/s1. The fourth-order valence-corrected chi connectivity index (χ4v) is 4.69. The van der Waals surface area contributed by atoms with E-state index in [1.165, 1.54) is 19.4 Å². The van der Waals surface area contributed by atoms with Gasteiger partial charge in [-0.15, -0.1) is 0 Å². The number of anilines is 3. The van der Waals surface area contributed by atoms with E-state index < -0.39 is 37.4 Å². The summed E-state index contributed by atoms with van der Waals surface area (Å²) in [6.45, 7) is 5.73. The number of nitrogens with zero attached hydrogens (tertiary/aromatic N) is 6. The monoisotopic (exact) mass is 583 g/mol. The molecule has 1 unspecified atom stereocenters. The van der Waals surface area contributed by atoms with Gasteiger partial charge in [-0.2, -0.15) is 18.2 Å². The maximum Gasteiger partial charge on any atom is 0.408 e. The maximum atomic E-state index is 14.0. The van der Waals surface area contributed by atoms with Gasteiger partial charge < -0.3 is 29.0 Å². The maximum absolute atomic E-state index is 14.0. The van der Waals surface area contributed by atoms with Crippen LogP contribution >= 0.6 is 0 Å². The first-order valence-corrected chi connectivity index (χ1v) is 13.8. The van der Waals surface area contributed by atoms with Crippen LogP contribution in [0.1, 0.15) is 64.4 Å². The molecule has 4 rings (SSSR count). The number of hydrogen-bond donors (Lipinski definition) is 1. The highest BCUT2D eigenvalue weighted by Gasteiger charge is 2.40. The van der Waals surface area contributed by atoms with Crippen molar-refractivity contribution in [1.29, 1.82) is 0 Å². The lowest BCUT2D eigenvalue weighted by Gasteiger charge is -2.27. The van der Waals surface area contributed by atoms with Crippen molar-refractivity contribution in [3.05, 3.63) is 30.4 Å². The summed E-state index contributed by atoms with van der Waals surface area (Å²) in [5, 5.41) is 3.06. The zero-order valence-corrected chi connectivity index (χ0v) is 23.7. The predicted octanol–water partition coefficient (Wildman–Crippen LogP) is 5.89. The Hall–Kier alpha value is -3.10. The summed E-state index contributed by atoms with van der Waals surface area (Å²) in [6.07, 6.45) is -0.292. The minimum absolute atomic E-state index is 0.142. The van der Waals surface area contributed by atoms with Gasteiger partial charge in [0.15, 0.2) is 6.29 Å². The van der Waals surface area contributed by atoms with Crippen molar-refractivity contribution in [3.8, 4) is 0 Å². The fraction of sp³-hybridized carbons (Fsp3) is 0.630. The summed E-state index contributed by atoms with van der Waals surface area (Å²) in [6, 6.07) is 1.28. The van der Waals surface area contributed by atoms with Crippen molar-refractivity contribution >= 4 is 28.6 Å². The van der Waals surface area contributed by atoms with E-state index >= 15 is 0 Å². The number of rotatable bonds is 13. The zero-order valence-electron chi connectivity index (χ0n) is 23.7. The van der Waals surface area contributed by atoms with Gasteiger partial charge in [-0.3, -0.25) is 0 Å². The van der Waals surface area contributed by atoms with Crippen LogP contribution in [0.4, 0.5) is 35.1 Å². The molecule has 1 fully saturated rings. The Balaban J connectivity index is 1.61. The first kappa shape index (κ1) is 30.8. The summed E-state index contributed by atoms with van der Waals surface area (Å²) in [5.74, 6) is 1.24. The van der Waals surface area contributed by atoms with Crippen LogP contribution in [0.2, 0.25) is 0 Å². The topological polar surface area (TPSA) is 99.5 Å². The van der Waals surface area contributed by atoms with Crippen LogP contribution in [-0.2, 0) is 14.2 Å². The van der Waals surface area contributed by atoms with Gasteiger partial charge in [0, 0.05) is 39.1 Å². The lowest BCUT2D eigenvalue weighted by atomic mass is 10.2. The molecule has 3 aromatic heterocycles. The molecule has 4 heterocycles. The predicted molar refractivity (Wildman–Crippen MR) is 146 cm³/mol. The van der Waals surface area contributed by atoms with E-state index in [-0.39, 0.29) is 17.2 Å². The zero-order chi connectivity index (χ0) is 29.6. The number of halogens is 4. The number of hydrogen-bond acceptors (Lipinski definition) is 9. The van der Waals surface area contributed by atoms with Crippen LogP contribution in [0.3, 0.4) is 0 Å². The minimum Gasteiger partial charge on any atom is -0.379 e. The molecule has 14 heteroatoms.